The molecule has 27 heavy (non-hydrogen) atoms. The zero-order valence-corrected chi connectivity index (χ0v) is 14.9. The maximum atomic E-state index is 13.8. The number of carbonyl (C=O) groups is 2. The number of likely N-dealkylation sites (tertiary alicyclic amines) is 1. The second kappa shape index (κ2) is 7.67. The van der Waals surface area contributed by atoms with Gasteiger partial charge in [0.25, 0.3) is 11.8 Å². The molecule has 2 aromatic rings. The van der Waals surface area contributed by atoms with Crippen LogP contribution < -0.4 is 5.32 Å². The van der Waals surface area contributed by atoms with Crippen LogP contribution in [0.25, 0.3) is 0 Å². The lowest BCUT2D eigenvalue weighted by atomic mass is 10.0. The van der Waals surface area contributed by atoms with Gasteiger partial charge in [-0.15, -0.1) is 11.3 Å². The molecule has 1 fully saturated rings. The molecule has 144 valence electrons. The Morgan fingerprint density at radius 1 is 1.15 bits per heavy atom. The van der Waals surface area contributed by atoms with Crippen molar-refractivity contribution in [2.45, 2.75) is 25.1 Å². The lowest BCUT2D eigenvalue weighted by Gasteiger charge is -2.32. The first kappa shape index (κ1) is 19.3. The Morgan fingerprint density at radius 3 is 2.44 bits per heavy atom. The van der Waals surface area contributed by atoms with Gasteiger partial charge >= 0.3 is 6.18 Å². The third-order valence-electron chi connectivity index (χ3n) is 4.39. The molecule has 1 aliphatic heterocycles. The van der Waals surface area contributed by atoms with Crippen LogP contribution in [-0.4, -0.2) is 35.8 Å². The van der Waals surface area contributed by atoms with Gasteiger partial charge in [-0.2, -0.15) is 13.2 Å². The fourth-order valence-electron chi connectivity index (χ4n) is 2.92. The van der Waals surface area contributed by atoms with Gasteiger partial charge in [-0.25, -0.2) is 4.39 Å². The van der Waals surface area contributed by atoms with Crippen molar-refractivity contribution in [3.8, 4) is 0 Å². The number of alkyl halides is 3. The van der Waals surface area contributed by atoms with Crippen molar-refractivity contribution in [2.24, 2.45) is 0 Å². The molecule has 1 saturated heterocycles. The molecule has 0 spiro atoms. The number of nitrogens with one attached hydrogen (secondary N) is 1. The SMILES string of the molecule is O=C(NC1CCN(C(=O)c2cccs2)CC1)c1cc(C(F)(F)F)ccc1F. The lowest BCUT2D eigenvalue weighted by molar-refractivity contribution is -0.137. The molecule has 0 radical (unpaired) electrons. The summed E-state index contributed by atoms with van der Waals surface area (Å²) in [4.78, 5) is 26.8. The third kappa shape index (κ3) is 4.47. The summed E-state index contributed by atoms with van der Waals surface area (Å²) in [6.45, 7) is 0.819. The van der Waals surface area contributed by atoms with E-state index >= 15 is 0 Å². The molecule has 2 heterocycles. The second-order valence-electron chi connectivity index (χ2n) is 6.21. The van der Waals surface area contributed by atoms with E-state index in [0.29, 0.717) is 49.0 Å². The molecule has 2 amide bonds. The average molecular weight is 400 g/mol. The van der Waals surface area contributed by atoms with Gasteiger partial charge in [-0.05, 0) is 42.5 Å². The largest absolute Gasteiger partial charge is 0.416 e. The molecule has 1 aromatic carbocycles. The van der Waals surface area contributed by atoms with E-state index in [2.05, 4.69) is 5.32 Å². The average Bonchev–Trinajstić information content (AvgIpc) is 3.15. The number of rotatable bonds is 3. The molecule has 9 heteroatoms. The molecule has 1 N–H and O–H groups in total. The number of halogens is 4. The highest BCUT2D eigenvalue weighted by Crippen LogP contribution is 2.30. The molecule has 0 unspecified atom stereocenters. The Balaban J connectivity index is 1.61. The van der Waals surface area contributed by atoms with E-state index in [1.807, 2.05) is 5.38 Å². The molecule has 1 aliphatic rings. The van der Waals surface area contributed by atoms with E-state index in [1.165, 1.54) is 11.3 Å². The number of amides is 2. The van der Waals surface area contributed by atoms with Crippen LogP contribution in [0.1, 0.15) is 38.4 Å². The van der Waals surface area contributed by atoms with Crippen LogP contribution in [0.3, 0.4) is 0 Å². The minimum atomic E-state index is -4.66. The molecule has 3 rings (SSSR count). The van der Waals surface area contributed by atoms with Crippen LogP contribution in [0.4, 0.5) is 17.6 Å². The minimum Gasteiger partial charge on any atom is -0.349 e. The first-order chi connectivity index (χ1) is 12.8. The van der Waals surface area contributed by atoms with Crippen molar-refractivity contribution in [2.75, 3.05) is 13.1 Å². The van der Waals surface area contributed by atoms with E-state index in [4.69, 9.17) is 0 Å². The Hall–Kier alpha value is -2.42. The fourth-order valence-corrected chi connectivity index (χ4v) is 3.61. The number of benzene rings is 1. The molecule has 0 aliphatic carbocycles. The van der Waals surface area contributed by atoms with Crippen molar-refractivity contribution in [3.05, 3.63) is 57.5 Å². The summed E-state index contributed by atoms with van der Waals surface area (Å²) in [5, 5.41) is 4.38. The van der Waals surface area contributed by atoms with Gasteiger partial charge in [-0.1, -0.05) is 6.07 Å². The van der Waals surface area contributed by atoms with Crippen molar-refractivity contribution < 1.29 is 27.2 Å². The number of nitrogens with zero attached hydrogens (tertiary/aromatic N) is 1. The second-order valence-corrected chi connectivity index (χ2v) is 7.16. The van der Waals surface area contributed by atoms with Gasteiger partial charge < -0.3 is 10.2 Å². The number of piperidine rings is 1. The summed E-state index contributed by atoms with van der Waals surface area (Å²) in [6, 6.07) is 4.94. The van der Waals surface area contributed by atoms with Crippen LogP contribution >= 0.6 is 11.3 Å². The van der Waals surface area contributed by atoms with Gasteiger partial charge in [0.2, 0.25) is 0 Å². The van der Waals surface area contributed by atoms with E-state index < -0.39 is 29.0 Å². The highest BCUT2D eigenvalue weighted by molar-refractivity contribution is 7.12. The third-order valence-corrected chi connectivity index (χ3v) is 5.25. The topological polar surface area (TPSA) is 49.4 Å². The zero-order chi connectivity index (χ0) is 19.6. The van der Waals surface area contributed by atoms with Crippen LogP contribution in [0, 0.1) is 5.82 Å². The highest BCUT2D eigenvalue weighted by atomic mass is 32.1. The van der Waals surface area contributed by atoms with E-state index in [0.717, 1.165) is 0 Å². The highest BCUT2D eigenvalue weighted by Gasteiger charge is 2.32. The molecular weight excluding hydrogens is 384 g/mol. The number of hydrogen-bond donors (Lipinski definition) is 1. The lowest BCUT2D eigenvalue weighted by Crippen LogP contribution is -2.46. The van der Waals surface area contributed by atoms with Gasteiger partial charge in [0, 0.05) is 19.1 Å². The quantitative estimate of drug-likeness (QED) is 0.794. The summed E-state index contributed by atoms with van der Waals surface area (Å²) < 4.78 is 52.1. The van der Waals surface area contributed by atoms with Crippen LogP contribution in [-0.2, 0) is 6.18 Å². The summed E-state index contributed by atoms with van der Waals surface area (Å²) in [7, 11) is 0. The Kier molecular flexibility index (Phi) is 5.50. The van der Waals surface area contributed by atoms with Crippen LogP contribution in [0.2, 0.25) is 0 Å². The Morgan fingerprint density at radius 2 is 1.85 bits per heavy atom. The minimum absolute atomic E-state index is 0.0845. The normalized spacial score (nSPS) is 15.6. The number of thiophene rings is 1. The molecule has 4 nitrogen and oxygen atoms in total. The predicted molar refractivity (Wildman–Crippen MR) is 92.1 cm³/mol. The molecule has 0 saturated carbocycles. The number of hydrogen-bond acceptors (Lipinski definition) is 3. The molecule has 0 bridgehead atoms. The van der Waals surface area contributed by atoms with E-state index in [1.54, 1.807) is 17.0 Å². The maximum absolute atomic E-state index is 13.8. The van der Waals surface area contributed by atoms with Crippen LogP contribution in [0.5, 0.6) is 0 Å². The van der Waals surface area contributed by atoms with E-state index in [-0.39, 0.29) is 11.9 Å². The van der Waals surface area contributed by atoms with Gasteiger partial charge in [0.15, 0.2) is 0 Å². The van der Waals surface area contributed by atoms with E-state index in [9.17, 15) is 27.2 Å². The molecule has 1 aromatic heterocycles. The summed E-state index contributed by atoms with van der Waals surface area (Å²) in [6.07, 6.45) is -3.76. The molecule has 0 atom stereocenters. The summed E-state index contributed by atoms with van der Waals surface area (Å²) >= 11 is 1.34. The van der Waals surface area contributed by atoms with Gasteiger partial charge in [0.05, 0.1) is 16.0 Å². The first-order valence-electron chi connectivity index (χ1n) is 8.26. The predicted octanol–water partition coefficient (Wildman–Crippen LogP) is 3.94. The Bertz CT molecular complexity index is 828. The number of carbonyl (C=O) groups excluding carboxylic acids is 2. The summed E-state index contributed by atoms with van der Waals surface area (Å²) in [5.41, 5.74) is -1.72. The van der Waals surface area contributed by atoms with Crippen molar-refractivity contribution in [3.63, 3.8) is 0 Å². The first-order valence-corrected chi connectivity index (χ1v) is 9.14. The Labute approximate surface area is 156 Å². The van der Waals surface area contributed by atoms with Crippen molar-refractivity contribution >= 4 is 23.2 Å². The standard InChI is InChI=1S/C18H16F4N2O2S/c19-14-4-3-11(18(20,21)22)10-13(14)16(25)23-12-5-7-24(8-6-12)17(26)15-2-1-9-27-15/h1-4,9-10,12H,5-8H2,(H,23,25). The van der Waals surface area contributed by atoms with Crippen molar-refractivity contribution in [1.82, 2.24) is 10.2 Å². The smallest absolute Gasteiger partial charge is 0.349 e. The van der Waals surface area contributed by atoms with Crippen LogP contribution in [0.15, 0.2) is 35.7 Å². The monoisotopic (exact) mass is 400 g/mol. The fraction of sp³-hybridized carbons (Fsp3) is 0.333. The van der Waals surface area contributed by atoms with Gasteiger partial charge in [0.1, 0.15) is 5.82 Å². The maximum Gasteiger partial charge on any atom is 0.416 e. The van der Waals surface area contributed by atoms with Gasteiger partial charge in [-0.3, -0.25) is 9.59 Å². The van der Waals surface area contributed by atoms with Crippen molar-refractivity contribution in [1.29, 1.82) is 0 Å². The summed E-state index contributed by atoms with van der Waals surface area (Å²) in [5.74, 6) is -1.98. The zero-order valence-electron chi connectivity index (χ0n) is 14.1. The molecular formula is C18H16F4N2O2S.